The molecule has 2 aromatic rings. The fourth-order valence-corrected chi connectivity index (χ4v) is 3.90. The molecule has 0 spiro atoms. The van der Waals surface area contributed by atoms with Crippen LogP contribution in [0.3, 0.4) is 0 Å². The predicted molar refractivity (Wildman–Crippen MR) is 96.4 cm³/mol. The van der Waals surface area contributed by atoms with Crippen molar-refractivity contribution in [3.63, 3.8) is 0 Å². The minimum absolute atomic E-state index is 0.0120. The van der Waals surface area contributed by atoms with Gasteiger partial charge in [0.25, 0.3) is 5.69 Å². The highest BCUT2D eigenvalue weighted by Gasteiger charge is 2.50. The van der Waals surface area contributed by atoms with Crippen LogP contribution in [0.25, 0.3) is 0 Å². The molecule has 1 fully saturated rings. The number of ether oxygens (including phenoxy) is 1. The van der Waals surface area contributed by atoms with Crippen LogP contribution in [0.1, 0.15) is 36.1 Å². The number of rotatable bonds is 2. The molecule has 0 aromatic heterocycles. The van der Waals surface area contributed by atoms with Gasteiger partial charge < -0.3 is 10.1 Å². The number of carbonyl (C=O) groups is 1. The number of aryl methyl sites for hydroxylation is 2. The maximum absolute atomic E-state index is 12.9. The van der Waals surface area contributed by atoms with Crippen molar-refractivity contribution in [3.05, 3.63) is 63.2 Å². The van der Waals surface area contributed by atoms with Gasteiger partial charge >= 0.3 is 6.03 Å². The van der Waals surface area contributed by atoms with E-state index in [1.165, 1.54) is 12.1 Å². The Labute approximate surface area is 150 Å². The number of nitro benzene ring substituents is 1. The number of hydrogen-bond donors (Lipinski definition) is 1. The van der Waals surface area contributed by atoms with Crippen LogP contribution in [0.15, 0.2) is 36.4 Å². The summed E-state index contributed by atoms with van der Waals surface area (Å²) in [5.74, 6) is 0.559. The Morgan fingerprint density at radius 2 is 2.04 bits per heavy atom. The number of carbonyl (C=O) groups excluding carboxylic acids is 1. The summed E-state index contributed by atoms with van der Waals surface area (Å²) in [6.07, 6.45) is 0.500. The molecule has 2 unspecified atom stereocenters. The summed E-state index contributed by atoms with van der Waals surface area (Å²) in [5, 5.41) is 14.0. The first-order valence-electron chi connectivity index (χ1n) is 8.44. The Bertz CT molecular complexity index is 942. The van der Waals surface area contributed by atoms with E-state index in [9.17, 15) is 14.9 Å². The first-order chi connectivity index (χ1) is 12.3. The fraction of sp³-hybridized carbons (Fsp3) is 0.316. The van der Waals surface area contributed by atoms with E-state index >= 15 is 0 Å². The van der Waals surface area contributed by atoms with Crippen LogP contribution in [0.2, 0.25) is 0 Å². The summed E-state index contributed by atoms with van der Waals surface area (Å²) in [6.45, 7) is 5.85. The van der Waals surface area contributed by atoms with E-state index in [2.05, 4.69) is 5.32 Å². The summed E-state index contributed by atoms with van der Waals surface area (Å²) in [5.41, 5.74) is 2.66. The van der Waals surface area contributed by atoms with E-state index in [1.54, 1.807) is 11.0 Å². The Morgan fingerprint density at radius 1 is 1.27 bits per heavy atom. The van der Waals surface area contributed by atoms with Gasteiger partial charge in [-0.25, -0.2) is 4.79 Å². The molecule has 2 aliphatic rings. The van der Waals surface area contributed by atoms with E-state index in [4.69, 9.17) is 4.74 Å². The second kappa shape index (κ2) is 5.45. The monoisotopic (exact) mass is 353 g/mol. The lowest BCUT2D eigenvalue weighted by molar-refractivity contribution is -0.385. The molecule has 7 nitrogen and oxygen atoms in total. The van der Waals surface area contributed by atoms with E-state index in [-0.39, 0.29) is 17.8 Å². The van der Waals surface area contributed by atoms with E-state index < -0.39 is 10.6 Å². The van der Waals surface area contributed by atoms with Gasteiger partial charge in [-0.1, -0.05) is 17.7 Å². The SMILES string of the molecule is Cc1ccc(N2C(=O)NC3CC2(C)Oc2ccc([N+](=O)[O-])cc23)c(C)c1. The quantitative estimate of drug-likeness (QED) is 0.654. The molecule has 7 heteroatoms. The minimum atomic E-state index is -0.865. The summed E-state index contributed by atoms with van der Waals surface area (Å²) in [7, 11) is 0. The average Bonchev–Trinajstić information content (AvgIpc) is 2.55. The van der Waals surface area contributed by atoms with Gasteiger partial charge in [-0.2, -0.15) is 0 Å². The first kappa shape index (κ1) is 16.4. The Morgan fingerprint density at radius 3 is 2.73 bits per heavy atom. The molecule has 2 heterocycles. The van der Waals surface area contributed by atoms with Crippen molar-refractivity contribution in [2.24, 2.45) is 0 Å². The average molecular weight is 353 g/mol. The van der Waals surface area contributed by atoms with E-state index in [1.807, 2.05) is 39.0 Å². The zero-order valence-electron chi connectivity index (χ0n) is 14.8. The second-order valence-electron chi connectivity index (χ2n) is 7.09. The molecular formula is C19H19N3O4. The second-order valence-corrected chi connectivity index (χ2v) is 7.09. The summed E-state index contributed by atoms with van der Waals surface area (Å²) >= 11 is 0. The number of fused-ring (bicyclic) bond motifs is 4. The van der Waals surface area contributed by atoms with Crippen LogP contribution in [0.4, 0.5) is 16.2 Å². The third-order valence-corrected chi connectivity index (χ3v) is 5.06. The number of amides is 2. The van der Waals surface area contributed by atoms with Crippen molar-refractivity contribution in [1.82, 2.24) is 5.32 Å². The number of nitrogens with zero attached hydrogens (tertiary/aromatic N) is 2. The summed E-state index contributed by atoms with van der Waals surface area (Å²) in [6, 6.07) is 9.83. The predicted octanol–water partition coefficient (Wildman–Crippen LogP) is 3.98. The van der Waals surface area contributed by atoms with Crippen molar-refractivity contribution in [1.29, 1.82) is 0 Å². The van der Waals surface area contributed by atoms with Crippen LogP contribution in [0.5, 0.6) is 5.75 Å². The van der Waals surface area contributed by atoms with Crippen molar-refractivity contribution in [2.75, 3.05) is 4.90 Å². The van der Waals surface area contributed by atoms with Gasteiger partial charge in [-0.05, 0) is 38.5 Å². The normalized spacial score (nSPS) is 23.7. The Kier molecular flexibility index (Phi) is 3.44. The zero-order valence-corrected chi connectivity index (χ0v) is 14.8. The molecular weight excluding hydrogens is 334 g/mol. The van der Waals surface area contributed by atoms with Crippen molar-refractivity contribution >= 4 is 17.4 Å². The molecule has 2 aliphatic heterocycles. The smallest absolute Gasteiger partial charge is 0.325 e. The van der Waals surface area contributed by atoms with Crippen molar-refractivity contribution in [2.45, 2.75) is 39.0 Å². The fourth-order valence-electron chi connectivity index (χ4n) is 3.90. The molecule has 4 rings (SSSR count). The number of non-ortho nitro benzene ring substituents is 1. The maximum atomic E-state index is 12.9. The highest BCUT2D eigenvalue weighted by Crippen LogP contribution is 2.46. The molecule has 2 atom stereocenters. The van der Waals surface area contributed by atoms with Gasteiger partial charge in [0.1, 0.15) is 5.75 Å². The van der Waals surface area contributed by atoms with E-state index in [0.717, 1.165) is 16.8 Å². The number of benzene rings is 2. The van der Waals surface area contributed by atoms with Crippen LogP contribution in [-0.4, -0.2) is 16.7 Å². The van der Waals surface area contributed by atoms with Gasteiger partial charge in [0, 0.05) is 24.1 Å². The minimum Gasteiger partial charge on any atom is -0.467 e. The van der Waals surface area contributed by atoms with Gasteiger partial charge in [-0.15, -0.1) is 0 Å². The molecule has 1 saturated heterocycles. The summed E-state index contributed by atoms with van der Waals surface area (Å²) < 4.78 is 6.19. The van der Waals surface area contributed by atoms with E-state index in [0.29, 0.717) is 17.7 Å². The third kappa shape index (κ3) is 2.39. The standard InChI is InChI=1S/C19H19N3O4/c1-11-4-6-16(12(2)8-11)21-18(23)20-15-10-19(21,3)26-17-7-5-13(22(24)25)9-14(15)17/h4-9,15H,10H2,1-3H3,(H,20,23). The highest BCUT2D eigenvalue weighted by atomic mass is 16.6. The van der Waals surface area contributed by atoms with Crippen molar-refractivity contribution in [3.8, 4) is 5.75 Å². The lowest BCUT2D eigenvalue weighted by Gasteiger charge is -2.50. The largest absolute Gasteiger partial charge is 0.467 e. The molecule has 2 amide bonds. The lowest BCUT2D eigenvalue weighted by atomic mass is 9.89. The first-order valence-corrected chi connectivity index (χ1v) is 8.44. The summed E-state index contributed by atoms with van der Waals surface area (Å²) in [4.78, 5) is 25.1. The number of nitro groups is 1. The topological polar surface area (TPSA) is 84.7 Å². The van der Waals surface area contributed by atoms with Crippen LogP contribution in [-0.2, 0) is 0 Å². The van der Waals surface area contributed by atoms with Gasteiger partial charge in [0.05, 0.1) is 16.7 Å². The van der Waals surface area contributed by atoms with Gasteiger partial charge in [-0.3, -0.25) is 15.0 Å². The number of hydrogen-bond acceptors (Lipinski definition) is 4. The highest BCUT2D eigenvalue weighted by molar-refractivity contribution is 5.95. The molecule has 0 saturated carbocycles. The lowest BCUT2D eigenvalue weighted by Crippen LogP contribution is -2.65. The van der Waals surface area contributed by atoms with Gasteiger partial charge in [0.2, 0.25) is 0 Å². The molecule has 1 N–H and O–H groups in total. The number of nitrogens with one attached hydrogen (secondary N) is 1. The third-order valence-electron chi connectivity index (χ3n) is 5.06. The van der Waals surface area contributed by atoms with Crippen molar-refractivity contribution < 1.29 is 14.5 Å². The van der Waals surface area contributed by atoms with Crippen LogP contribution in [0, 0.1) is 24.0 Å². The molecule has 2 bridgehead atoms. The van der Waals surface area contributed by atoms with Crippen LogP contribution < -0.4 is 15.0 Å². The Balaban J connectivity index is 1.79. The molecule has 26 heavy (non-hydrogen) atoms. The Hall–Kier alpha value is -3.09. The number of urea groups is 1. The molecule has 0 radical (unpaired) electrons. The van der Waals surface area contributed by atoms with Gasteiger partial charge in [0.15, 0.2) is 5.72 Å². The molecule has 0 aliphatic carbocycles. The molecule has 2 aromatic carbocycles. The molecule has 134 valence electrons. The number of anilines is 1. The maximum Gasteiger partial charge on any atom is 0.325 e. The van der Waals surface area contributed by atoms with Crippen LogP contribution >= 0.6 is 0 Å². The zero-order chi connectivity index (χ0) is 18.6.